The van der Waals surface area contributed by atoms with Crippen molar-refractivity contribution in [3.63, 3.8) is 0 Å². The minimum absolute atomic E-state index is 0.148. The molecule has 0 saturated heterocycles. The number of aromatic amines is 1. The number of benzene rings is 2. The Labute approximate surface area is 152 Å². The predicted molar refractivity (Wildman–Crippen MR) is 101 cm³/mol. The molecule has 4 aromatic rings. The van der Waals surface area contributed by atoms with Crippen LogP contribution in [0, 0.1) is 6.92 Å². The molecule has 25 heavy (non-hydrogen) atoms. The molecule has 0 spiro atoms. The average Bonchev–Trinajstić information content (AvgIpc) is 3.21. The van der Waals surface area contributed by atoms with Crippen molar-refractivity contribution in [3.05, 3.63) is 70.4 Å². The van der Waals surface area contributed by atoms with Crippen LogP contribution in [0.1, 0.15) is 15.9 Å². The molecule has 2 N–H and O–H groups in total. The summed E-state index contributed by atoms with van der Waals surface area (Å²) in [4.78, 5) is 20.1. The predicted octanol–water partition coefficient (Wildman–Crippen LogP) is 5.15. The summed E-state index contributed by atoms with van der Waals surface area (Å²) in [5.41, 5.74) is 4.05. The van der Waals surface area contributed by atoms with Gasteiger partial charge in [0.2, 0.25) is 0 Å². The maximum Gasteiger partial charge on any atom is 0.255 e. The summed E-state index contributed by atoms with van der Waals surface area (Å²) in [5.74, 6) is 1.14. The molecular formula is C19H14BrN3O2. The molecule has 0 fully saturated rings. The average molecular weight is 396 g/mol. The number of carbonyl (C=O) groups is 1. The number of nitrogens with zero attached hydrogens (tertiary/aromatic N) is 1. The molecule has 2 heterocycles. The first-order chi connectivity index (χ1) is 12.1. The zero-order valence-corrected chi connectivity index (χ0v) is 14.9. The number of amides is 1. The van der Waals surface area contributed by atoms with Gasteiger partial charge in [0.05, 0.1) is 11.0 Å². The first-order valence-corrected chi connectivity index (χ1v) is 8.51. The second-order valence-corrected chi connectivity index (χ2v) is 6.52. The molecule has 0 atom stereocenters. The highest BCUT2D eigenvalue weighted by atomic mass is 79.9. The molecular weight excluding hydrogens is 382 g/mol. The van der Waals surface area contributed by atoms with Crippen molar-refractivity contribution in [2.45, 2.75) is 6.92 Å². The normalized spacial score (nSPS) is 11.0. The van der Waals surface area contributed by atoms with Crippen molar-refractivity contribution >= 4 is 38.6 Å². The Morgan fingerprint density at radius 2 is 1.92 bits per heavy atom. The fourth-order valence-corrected chi connectivity index (χ4v) is 2.86. The highest BCUT2D eigenvalue weighted by Gasteiger charge is 2.11. The number of hydrogen-bond acceptors (Lipinski definition) is 3. The van der Waals surface area contributed by atoms with E-state index in [0.29, 0.717) is 27.5 Å². The van der Waals surface area contributed by atoms with Crippen LogP contribution in [0.15, 0.2) is 63.7 Å². The van der Waals surface area contributed by atoms with E-state index >= 15 is 0 Å². The number of fused-ring (bicyclic) bond motifs is 1. The van der Waals surface area contributed by atoms with Gasteiger partial charge in [0, 0.05) is 11.3 Å². The second-order valence-electron chi connectivity index (χ2n) is 5.74. The van der Waals surface area contributed by atoms with Crippen LogP contribution in [-0.2, 0) is 0 Å². The van der Waals surface area contributed by atoms with E-state index in [4.69, 9.17) is 4.42 Å². The van der Waals surface area contributed by atoms with Crippen LogP contribution in [0.3, 0.4) is 0 Å². The number of carbonyl (C=O) groups excluding carboxylic acids is 1. The summed E-state index contributed by atoms with van der Waals surface area (Å²) < 4.78 is 6.16. The van der Waals surface area contributed by atoms with Gasteiger partial charge in [0.1, 0.15) is 0 Å². The Kier molecular flexibility index (Phi) is 3.89. The number of H-pyrrole nitrogens is 1. The van der Waals surface area contributed by atoms with Crippen LogP contribution in [0.5, 0.6) is 0 Å². The second kappa shape index (κ2) is 6.22. The number of anilines is 1. The number of imidazole rings is 1. The van der Waals surface area contributed by atoms with E-state index in [0.717, 1.165) is 16.6 Å². The Bertz CT molecular complexity index is 1060. The van der Waals surface area contributed by atoms with E-state index < -0.39 is 0 Å². The standard InChI is InChI=1S/C19H14BrN3O2/c1-11-2-4-12(5-3-11)19(24)21-13-6-7-14-15(10-13)23-18(22-14)16-8-9-17(20)25-16/h2-10H,1H3,(H,21,24)(H,22,23). The molecule has 2 aromatic carbocycles. The van der Waals surface area contributed by atoms with Gasteiger partial charge in [-0.1, -0.05) is 17.7 Å². The number of halogens is 1. The number of aryl methyl sites for hydroxylation is 1. The number of furan rings is 1. The van der Waals surface area contributed by atoms with Gasteiger partial charge in [-0.25, -0.2) is 4.98 Å². The summed E-state index contributed by atoms with van der Waals surface area (Å²) in [7, 11) is 0. The Morgan fingerprint density at radius 3 is 2.64 bits per heavy atom. The Balaban J connectivity index is 1.60. The third-order valence-corrected chi connectivity index (χ3v) is 4.29. The minimum atomic E-state index is -0.148. The molecule has 0 unspecified atom stereocenters. The summed E-state index contributed by atoms with van der Waals surface area (Å²) >= 11 is 3.28. The molecule has 0 aliphatic heterocycles. The van der Waals surface area contributed by atoms with Gasteiger partial charge in [-0.2, -0.15) is 0 Å². The van der Waals surface area contributed by atoms with Crippen molar-refractivity contribution in [3.8, 4) is 11.6 Å². The third-order valence-electron chi connectivity index (χ3n) is 3.86. The van der Waals surface area contributed by atoms with Crippen LogP contribution >= 0.6 is 15.9 Å². The molecule has 124 valence electrons. The van der Waals surface area contributed by atoms with E-state index in [1.807, 2.05) is 61.5 Å². The molecule has 1 amide bonds. The fourth-order valence-electron chi connectivity index (χ4n) is 2.55. The number of hydrogen-bond donors (Lipinski definition) is 2. The Morgan fingerprint density at radius 1 is 1.12 bits per heavy atom. The van der Waals surface area contributed by atoms with Gasteiger partial charge >= 0.3 is 0 Å². The summed E-state index contributed by atoms with van der Waals surface area (Å²) in [6.07, 6.45) is 0. The number of nitrogens with one attached hydrogen (secondary N) is 2. The van der Waals surface area contributed by atoms with E-state index in [-0.39, 0.29) is 5.91 Å². The van der Waals surface area contributed by atoms with Crippen LogP contribution in [0.4, 0.5) is 5.69 Å². The lowest BCUT2D eigenvalue weighted by molar-refractivity contribution is 0.102. The zero-order valence-electron chi connectivity index (χ0n) is 13.3. The molecule has 6 heteroatoms. The first kappa shape index (κ1) is 15.7. The van der Waals surface area contributed by atoms with Crippen LogP contribution in [-0.4, -0.2) is 15.9 Å². The largest absolute Gasteiger partial charge is 0.446 e. The molecule has 0 aliphatic rings. The van der Waals surface area contributed by atoms with Gasteiger partial charge in [-0.15, -0.1) is 0 Å². The third kappa shape index (κ3) is 3.21. The SMILES string of the molecule is Cc1ccc(C(=O)Nc2ccc3[nH]c(-c4ccc(Br)o4)nc3c2)cc1. The van der Waals surface area contributed by atoms with Crippen LogP contribution < -0.4 is 5.32 Å². The van der Waals surface area contributed by atoms with Gasteiger partial charge in [0.25, 0.3) is 5.91 Å². The van der Waals surface area contributed by atoms with E-state index in [2.05, 4.69) is 31.2 Å². The van der Waals surface area contributed by atoms with Crippen molar-refractivity contribution in [2.24, 2.45) is 0 Å². The quantitative estimate of drug-likeness (QED) is 0.503. The van der Waals surface area contributed by atoms with E-state index in [1.165, 1.54) is 0 Å². The highest BCUT2D eigenvalue weighted by Crippen LogP contribution is 2.26. The lowest BCUT2D eigenvalue weighted by atomic mass is 10.1. The van der Waals surface area contributed by atoms with Crippen molar-refractivity contribution in [1.82, 2.24) is 9.97 Å². The summed E-state index contributed by atoms with van der Waals surface area (Å²) in [5, 5.41) is 2.90. The molecule has 4 rings (SSSR count). The van der Waals surface area contributed by atoms with Gasteiger partial charge < -0.3 is 14.7 Å². The molecule has 0 saturated carbocycles. The monoisotopic (exact) mass is 395 g/mol. The zero-order chi connectivity index (χ0) is 17.4. The minimum Gasteiger partial charge on any atom is -0.446 e. The lowest BCUT2D eigenvalue weighted by Crippen LogP contribution is -2.11. The van der Waals surface area contributed by atoms with E-state index in [1.54, 1.807) is 0 Å². The number of rotatable bonds is 3. The van der Waals surface area contributed by atoms with E-state index in [9.17, 15) is 4.79 Å². The smallest absolute Gasteiger partial charge is 0.255 e. The molecule has 2 aromatic heterocycles. The molecule has 5 nitrogen and oxygen atoms in total. The highest BCUT2D eigenvalue weighted by molar-refractivity contribution is 9.10. The molecule has 0 aliphatic carbocycles. The summed E-state index contributed by atoms with van der Waals surface area (Å²) in [6, 6.07) is 16.7. The Hall–Kier alpha value is -2.86. The maximum atomic E-state index is 12.3. The van der Waals surface area contributed by atoms with Crippen molar-refractivity contribution < 1.29 is 9.21 Å². The van der Waals surface area contributed by atoms with Crippen LogP contribution in [0.25, 0.3) is 22.6 Å². The number of aromatic nitrogens is 2. The molecule has 0 bridgehead atoms. The van der Waals surface area contributed by atoms with Gasteiger partial charge in [0.15, 0.2) is 16.3 Å². The maximum absolute atomic E-state index is 12.3. The lowest BCUT2D eigenvalue weighted by Gasteiger charge is -2.05. The molecule has 0 radical (unpaired) electrons. The summed E-state index contributed by atoms with van der Waals surface area (Å²) in [6.45, 7) is 1.99. The fraction of sp³-hybridized carbons (Fsp3) is 0.0526. The van der Waals surface area contributed by atoms with Crippen molar-refractivity contribution in [1.29, 1.82) is 0 Å². The van der Waals surface area contributed by atoms with Crippen LogP contribution in [0.2, 0.25) is 0 Å². The van der Waals surface area contributed by atoms with Gasteiger partial charge in [-0.05, 0) is 65.3 Å². The topological polar surface area (TPSA) is 70.9 Å². The first-order valence-electron chi connectivity index (χ1n) is 7.72. The van der Waals surface area contributed by atoms with Gasteiger partial charge in [-0.3, -0.25) is 4.79 Å². The van der Waals surface area contributed by atoms with Crippen molar-refractivity contribution in [2.75, 3.05) is 5.32 Å².